The highest BCUT2D eigenvalue weighted by Crippen LogP contribution is 2.31. The molecule has 0 radical (unpaired) electrons. The van der Waals surface area contributed by atoms with Crippen molar-refractivity contribution in [3.63, 3.8) is 0 Å². The summed E-state index contributed by atoms with van der Waals surface area (Å²) in [5.41, 5.74) is 3.60. The maximum Gasteiger partial charge on any atom is 0.275 e. The van der Waals surface area contributed by atoms with Crippen LogP contribution >= 0.6 is 11.3 Å². The number of aromatic nitrogens is 3. The average Bonchev–Trinajstić information content (AvgIpc) is 3.04. The smallest absolute Gasteiger partial charge is 0.275 e. The minimum absolute atomic E-state index is 0.168. The minimum atomic E-state index is -0.168. The lowest BCUT2D eigenvalue weighted by Crippen LogP contribution is -2.34. The number of hydrogen-bond acceptors (Lipinski definition) is 6. The third-order valence-electron chi connectivity index (χ3n) is 4.51. The van der Waals surface area contributed by atoms with Crippen LogP contribution in [0, 0.1) is 0 Å². The molecule has 0 aliphatic carbocycles. The lowest BCUT2D eigenvalue weighted by Gasteiger charge is -2.28. The van der Waals surface area contributed by atoms with E-state index in [0.717, 1.165) is 29.1 Å². The molecule has 4 rings (SSSR count). The number of aryl methyl sites for hydroxylation is 2. The van der Waals surface area contributed by atoms with E-state index in [2.05, 4.69) is 15.4 Å². The van der Waals surface area contributed by atoms with E-state index < -0.39 is 0 Å². The van der Waals surface area contributed by atoms with Crippen LogP contribution in [0.4, 0.5) is 16.5 Å². The van der Waals surface area contributed by atoms with Gasteiger partial charge in [0.25, 0.3) is 5.56 Å². The number of nitrogens with zero attached hydrogens (tertiary/aromatic N) is 4. The second kappa shape index (κ2) is 6.53. The molecule has 0 unspecified atom stereocenters. The van der Waals surface area contributed by atoms with Gasteiger partial charge in [-0.2, -0.15) is 4.52 Å². The summed E-state index contributed by atoms with van der Waals surface area (Å²) in [6.45, 7) is 4.62. The number of fused-ring (bicyclic) bond motifs is 2. The van der Waals surface area contributed by atoms with E-state index in [9.17, 15) is 9.59 Å². The Morgan fingerprint density at radius 1 is 1.19 bits per heavy atom. The topological polar surface area (TPSA) is 79.6 Å². The van der Waals surface area contributed by atoms with Gasteiger partial charge in [-0.05, 0) is 43.5 Å². The minimum Gasteiger partial charge on any atom is -0.330 e. The van der Waals surface area contributed by atoms with Gasteiger partial charge in [-0.25, -0.2) is 4.98 Å². The zero-order valence-electron chi connectivity index (χ0n) is 14.7. The van der Waals surface area contributed by atoms with E-state index in [1.807, 2.05) is 36.9 Å². The van der Waals surface area contributed by atoms with Gasteiger partial charge in [0, 0.05) is 36.1 Å². The predicted molar refractivity (Wildman–Crippen MR) is 103 cm³/mol. The first kappa shape index (κ1) is 16.7. The van der Waals surface area contributed by atoms with Gasteiger partial charge >= 0.3 is 0 Å². The van der Waals surface area contributed by atoms with Crippen LogP contribution in [-0.4, -0.2) is 27.0 Å². The van der Waals surface area contributed by atoms with Crippen LogP contribution in [0.1, 0.15) is 31.5 Å². The lowest BCUT2D eigenvalue weighted by molar-refractivity contribution is -0.118. The fourth-order valence-corrected chi connectivity index (χ4v) is 4.04. The monoisotopic (exact) mass is 369 g/mol. The zero-order valence-corrected chi connectivity index (χ0v) is 15.5. The normalized spacial score (nSPS) is 13.9. The number of nitrogens with one attached hydrogen (secondary N) is 1. The molecule has 3 aromatic rings. The van der Waals surface area contributed by atoms with Crippen LogP contribution in [0.3, 0.4) is 0 Å². The fourth-order valence-electron chi connectivity index (χ4n) is 3.20. The molecule has 134 valence electrons. The molecule has 7 nitrogen and oxygen atoms in total. The van der Waals surface area contributed by atoms with Gasteiger partial charge in [0.15, 0.2) is 0 Å². The molecular formula is C18H19N5O2S. The molecule has 1 aliphatic heterocycles. The first-order chi connectivity index (χ1) is 12.6. The Kier molecular flexibility index (Phi) is 4.20. The standard InChI is InChI=1S/C18H19N5O2S/c1-3-12-10-16(25)23-18(20-12)26-17(21-23)19-13-6-7-14-11(9-13)5-8-15(24)22(14)4-2/h6-7,9-10H,3-5,8H2,1-2H3,(H,19,21). The second-order valence-electron chi connectivity index (χ2n) is 6.15. The van der Waals surface area contributed by atoms with E-state index in [4.69, 9.17) is 0 Å². The molecule has 0 spiro atoms. The number of carbonyl (C=O) groups is 1. The number of anilines is 3. The summed E-state index contributed by atoms with van der Waals surface area (Å²) >= 11 is 1.34. The summed E-state index contributed by atoms with van der Waals surface area (Å²) in [4.78, 5) is 31.0. The van der Waals surface area contributed by atoms with Gasteiger partial charge in [0.1, 0.15) is 0 Å². The molecule has 0 fully saturated rings. The highest BCUT2D eigenvalue weighted by molar-refractivity contribution is 7.20. The molecular weight excluding hydrogens is 350 g/mol. The number of amides is 1. The molecule has 1 aliphatic rings. The van der Waals surface area contributed by atoms with Crippen LogP contribution in [0.25, 0.3) is 4.96 Å². The molecule has 3 heterocycles. The van der Waals surface area contributed by atoms with E-state index in [1.165, 1.54) is 21.9 Å². The molecule has 0 atom stereocenters. The van der Waals surface area contributed by atoms with Gasteiger partial charge in [-0.1, -0.05) is 18.3 Å². The third-order valence-corrected chi connectivity index (χ3v) is 5.33. The van der Waals surface area contributed by atoms with E-state index in [1.54, 1.807) is 0 Å². The van der Waals surface area contributed by atoms with Crippen molar-refractivity contribution < 1.29 is 4.79 Å². The highest BCUT2D eigenvalue weighted by atomic mass is 32.1. The molecule has 1 aromatic carbocycles. The molecule has 26 heavy (non-hydrogen) atoms. The Balaban J connectivity index is 1.66. The van der Waals surface area contributed by atoms with Crippen LogP contribution in [0.15, 0.2) is 29.1 Å². The zero-order chi connectivity index (χ0) is 18.3. The Morgan fingerprint density at radius 3 is 2.81 bits per heavy atom. The maximum absolute atomic E-state index is 12.1. The number of benzene rings is 1. The number of rotatable bonds is 4. The molecule has 1 amide bonds. The van der Waals surface area contributed by atoms with E-state index >= 15 is 0 Å². The van der Waals surface area contributed by atoms with Gasteiger partial charge in [-0.15, -0.1) is 5.10 Å². The Hall–Kier alpha value is -2.74. The quantitative estimate of drug-likeness (QED) is 0.765. The maximum atomic E-state index is 12.1. The molecule has 0 saturated carbocycles. The summed E-state index contributed by atoms with van der Waals surface area (Å²) < 4.78 is 1.32. The first-order valence-corrected chi connectivity index (χ1v) is 9.50. The Bertz CT molecular complexity index is 1060. The van der Waals surface area contributed by atoms with Crippen molar-refractivity contribution in [1.29, 1.82) is 0 Å². The fraction of sp³-hybridized carbons (Fsp3) is 0.333. The summed E-state index contributed by atoms with van der Waals surface area (Å²) in [5, 5.41) is 8.19. The highest BCUT2D eigenvalue weighted by Gasteiger charge is 2.22. The summed E-state index contributed by atoms with van der Waals surface area (Å²) in [6.07, 6.45) is 1.98. The van der Waals surface area contributed by atoms with Crippen molar-refractivity contribution in [2.24, 2.45) is 0 Å². The van der Waals surface area contributed by atoms with Crippen molar-refractivity contribution >= 4 is 38.7 Å². The average molecular weight is 369 g/mol. The number of hydrogen-bond donors (Lipinski definition) is 1. The van der Waals surface area contributed by atoms with Gasteiger partial charge in [0.2, 0.25) is 16.0 Å². The van der Waals surface area contributed by atoms with Crippen molar-refractivity contribution in [2.75, 3.05) is 16.8 Å². The van der Waals surface area contributed by atoms with E-state index in [0.29, 0.717) is 29.5 Å². The van der Waals surface area contributed by atoms with Crippen LogP contribution in [0.5, 0.6) is 0 Å². The van der Waals surface area contributed by atoms with Crippen LogP contribution in [0.2, 0.25) is 0 Å². The SMILES string of the molecule is CCc1cc(=O)n2nc(Nc3ccc4c(c3)CCC(=O)N4CC)sc2n1. The Labute approximate surface area is 154 Å². The number of carbonyl (C=O) groups excluding carboxylic acids is 1. The largest absolute Gasteiger partial charge is 0.330 e. The van der Waals surface area contributed by atoms with Crippen molar-refractivity contribution in [3.8, 4) is 0 Å². The molecule has 0 saturated heterocycles. The summed E-state index contributed by atoms with van der Waals surface area (Å²) in [7, 11) is 0. The van der Waals surface area contributed by atoms with Gasteiger partial charge < -0.3 is 10.2 Å². The summed E-state index contributed by atoms with van der Waals surface area (Å²) in [5.74, 6) is 0.170. The Morgan fingerprint density at radius 2 is 2.04 bits per heavy atom. The van der Waals surface area contributed by atoms with E-state index in [-0.39, 0.29) is 11.5 Å². The lowest BCUT2D eigenvalue weighted by atomic mass is 10.0. The van der Waals surface area contributed by atoms with Gasteiger partial charge in [0.05, 0.1) is 0 Å². The predicted octanol–water partition coefficient (Wildman–Crippen LogP) is 2.76. The van der Waals surface area contributed by atoms with Crippen molar-refractivity contribution in [2.45, 2.75) is 33.1 Å². The molecule has 8 heteroatoms. The molecule has 1 N–H and O–H groups in total. The van der Waals surface area contributed by atoms with Crippen LogP contribution < -0.4 is 15.8 Å². The van der Waals surface area contributed by atoms with Crippen molar-refractivity contribution in [3.05, 3.63) is 45.9 Å². The van der Waals surface area contributed by atoms with Gasteiger partial charge in [-0.3, -0.25) is 9.59 Å². The van der Waals surface area contributed by atoms with Crippen LogP contribution in [-0.2, 0) is 17.6 Å². The summed E-state index contributed by atoms with van der Waals surface area (Å²) in [6, 6.07) is 7.46. The second-order valence-corrected chi connectivity index (χ2v) is 7.10. The molecule has 2 aromatic heterocycles. The first-order valence-electron chi connectivity index (χ1n) is 8.69. The third kappa shape index (κ3) is 2.86. The van der Waals surface area contributed by atoms with Crippen molar-refractivity contribution in [1.82, 2.24) is 14.6 Å². The molecule has 0 bridgehead atoms.